The molecule has 2 aliphatic rings. The normalized spacial score (nSPS) is 24.9. The van der Waals surface area contributed by atoms with Gasteiger partial charge in [-0.3, -0.25) is 14.6 Å². The van der Waals surface area contributed by atoms with Crippen molar-refractivity contribution in [2.45, 2.75) is 51.8 Å². The Balaban J connectivity index is 1.49. The molecule has 140 valence electrons. The molecule has 0 bridgehead atoms. The van der Waals surface area contributed by atoms with Gasteiger partial charge in [-0.2, -0.15) is 5.10 Å². The molecular formula is C18H31N5O2. The van der Waals surface area contributed by atoms with Gasteiger partial charge in [0.1, 0.15) is 5.82 Å². The minimum Gasteiger partial charge on any atom is -0.392 e. The quantitative estimate of drug-likeness (QED) is 0.773. The molecule has 3 atom stereocenters. The maximum absolute atomic E-state index is 12.5. The molecule has 2 heterocycles. The van der Waals surface area contributed by atoms with Gasteiger partial charge in [-0.1, -0.05) is 0 Å². The van der Waals surface area contributed by atoms with Gasteiger partial charge in [0.15, 0.2) is 0 Å². The third-order valence-electron chi connectivity index (χ3n) is 5.34. The van der Waals surface area contributed by atoms with Crippen LogP contribution in [0.4, 0.5) is 5.82 Å². The molecular weight excluding hydrogens is 318 g/mol. The minimum atomic E-state index is -0.314. The number of nitrogens with zero attached hydrogens (tertiary/aromatic N) is 4. The number of anilines is 1. The molecule has 3 rings (SSSR count). The average Bonchev–Trinajstić information content (AvgIpc) is 3.29. The Hall–Kier alpha value is -1.44. The number of nitrogens with one attached hydrogen (secondary N) is 1. The van der Waals surface area contributed by atoms with Crippen LogP contribution in [-0.4, -0.2) is 75.5 Å². The van der Waals surface area contributed by atoms with Gasteiger partial charge in [0.05, 0.1) is 24.9 Å². The van der Waals surface area contributed by atoms with Gasteiger partial charge in [0, 0.05) is 38.3 Å². The van der Waals surface area contributed by atoms with E-state index in [0.29, 0.717) is 31.1 Å². The van der Waals surface area contributed by atoms with Crippen molar-refractivity contribution in [3.05, 3.63) is 12.3 Å². The first-order chi connectivity index (χ1) is 11.9. The second-order valence-electron chi connectivity index (χ2n) is 7.72. The van der Waals surface area contributed by atoms with E-state index in [0.717, 1.165) is 25.5 Å². The zero-order valence-corrected chi connectivity index (χ0v) is 15.6. The Morgan fingerprint density at radius 2 is 2.16 bits per heavy atom. The van der Waals surface area contributed by atoms with Crippen molar-refractivity contribution < 1.29 is 9.90 Å². The molecule has 3 unspecified atom stereocenters. The van der Waals surface area contributed by atoms with Gasteiger partial charge in [-0.15, -0.1) is 0 Å². The van der Waals surface area contributed by atoms with Crippen molar-refractivity contribution in [2.75, 3.05) is 38.0 Å². The first kappa shape index (κ1) is 18.4. The van der Waals surface area contributed by atoms with Crippen molar-refractivity contribution >= 4 is 11.7 Å². The standard InChI is InChI=1S/C18H31N5O2/c1-13-10-21(8-9-22(13)11-14(2)24)12-18(25)20-17-6-7-19-23(17)15(3)16-4-5-16/h6-7,13-16,24H,4-5,8-12H2,1-3H3,(H,20,25). The lowest BCUT2D eigenvalue weighted by atomic mass is 10.1. The first-order valence-electron chi connectivity index (χ1n) is 9.42. The summed E-state index contributed by atoms with van der Waals surface area (Å²) in [6.07, 6.45) is 3.95. The number of amides is 1. The van der Waals surface area contributed by atoms with Crippen LogP contribution in [0.5, 0.6) is 0 Å². The third kappa shape index (κ3) is 4.80. The molecule has 0 spiro atoms. The van der Waals surface area contributed by atoms with E-state index in [2.05, 4.69) is 34.1 Å². The molecule has 1 aromatic rings. The summed E-state index contributed by atoms with van der Waals surface area (Å²) in [4.78, 5) is 16.9. The molecule has 1 saturated carbocycles. The molecule has 1 aliphatic heterocycles. The Morgan fingerprint density at radius 3 is 2.80 bits per heavy atom. The van der Waals surface area contributed by atoms with E-state index in [4.69, 9.17) is 0 Å². The predicted octanol–water partition coefficient (Wildman–Crippen LogP) is 1.18. The molecule has 0 aromatic carbocycles. The molecule has 1 aliphatic carbocycles. The van der Waals surface area contributed by atoms with E-state index >= 15 is 0 Å². The number of β-amino-alcohol motifs (C(OH)–C–C–N with tert-alkyl or cyclic N) is 1. The third-order valence-corrected chi connectivity index (χ3v) is 5.34. The van der Waals surface area contributed by atoms with Crippen LogP contribution in [0.3, 0.4) is 0 Å². The maximum Gasteiger partial charge on any atom is 0.239 e. The minimum absolute atomic E-state index is 0.0147. The highest BCUT2D eigenvalue weighted by atomic mass is 16.3. The number of carbonyl (C=O) groups is 1. The Bertz CT molecular complexity index is 584. The molecule has 2 fully saturated rings. The van der Waals surface area contributed by atoms with E-state index < -0.39 is 0 Å². The van der Waals surface area contributed by atoms with Gasteiger partial charge < -0.3 is 10.4 Å². The summed E-state index contributed by atoms with van der Waals surface area (Å²) in [5.41, 5.74) is 0. The molecule has 1 aromatic heterocycles. The summed E-state index contributed by atoms with van der Waals surface area (Å²) in [7, 11) is 0. The summed E-state index contributed by atoms with van der Waals surface area (Å²) in [6.45, 7) is 9.81. The largest absolute Gasteiger partial charge is 0.392 e. The van der Waals surface area contributed by atoms with Crippen molar-refractivity contribution in [1.29, 1.82) is 0 Å². The summed E-state index contributed by atoms with van der Waals surface area (Å²) in [5.74, 6) is 1.50. The van der Waals surface area contributed by atoms with Crippen LogP contribution >= 0.6 is 0 Å². The Morgan fingerprint density at radius 1 is 1.40 bits per heavy atom. The monoisotopic (exact) mass is 349 g/mol. The fourth-order valence-corrected chi connectivity index (χ4v) is 3.73. The highest BCUT2D eigenvalue weighted by Crippen LogP contribution is 2.40. The number of piperazine rings is 1. The van der Waals surface area contributed by atoms with E-state index in [1.165, 1.54) is 12.8 Å². The molecule has 0 radical (unpaired) electrons. The molecule has 1 amide bonds. The number of hydrogen-bond donors (Lipinski definition) is 2. The van der Waals surface area contributed by atoms with Gasteiger partial charge >= 0.3 is 0 Å². The van der Waals surface area contributed by atoms with E-state index in [1.807, 2.05) is 17.7 Å². The van der Waals surface area contributed by atoms with E-state index in [-0.39, 0.29) is 12.0 Å². The fraction of sp³-hybridized carbons (Fsp3) is 0.778. The molecule has 1 saturated heterocycles. The molecule has 7 heteroatoms. The van der Waals surface area contributed by atoms with Crippen molar-refractivity contribution in [3.63, 3.8) is 0 Å². The predicted molar refractivity (Wildman–Crippen MR) is 97.4 cm³/mol. The van der Waals surface area contributed by atoms with Gasteiger partial charge in [-0.05, 0) is 39.5 Å². The van der Waals surface area contributed by atoms with Crippen molar-refractivity contribution in [3.8, 4) is 0 Å². The highest BCUT2D eigenvalue weighted by molar-refractivity contribution is 5.91. The molecule has 25 heavy (non-hydrogen) atoms. The summed E-state index contributed by atoms with van der Waals surface area (Å²) >= 11 is 0. The van der Waals surface area contributed by atoms with Crippen molar-refractivity contribution in [1.82, 2.24) is 19.6 Å². The zero-order chi connectivity index (χ0) is 18.0. The Labute approximate surface area is 150 Å². The van der Waals surface area contributed by atoms with E-state index in [1.54, 1.807) is 6.20 Å². The highest BCUT2D eigenvalue weighted by Gasteiger charge is 2.31. The van der Waals surface area contributed by atoms with Gasteiger partial charge in [0.2, 0.25) is 5.91 Å². The summed E-state index contributed by atoms with van der Waals surface area (Å²) in [6, 6.07) is 2.56. The topological polar surface area (TPSA) is 73.6 Å². The number of aliphatic hydroxyl groups excluding tert-OH is 1. The van der Waals surface area contributed by atoms with Crippen LogP contribution in [0.2, 0.25) is 0 Å². The molecule has 2 N–H and O–H groups in total. The van der Waals surface area contributed by atoms with Crippen molar-refractivity contribution in [2.24, 2.45) is 5.92 Å². The van der Waals surface area contributed by atoms with Crippen LogP contribution < -0.4 is 5.32 Å². The summed E-state index contributed by atoms with van der Waals surface area (Å²) < 4.78 is 1.94. The fourth-order valence-electron chi connectivity index (χ4n) is 3.73. The second kappa shape index (κ2) is 7.85. The molecule has 7 nitrogen and oxygen atoms in total. The van der Waals surface area contributed by atoms with Gasteiger partial charge in [0.25, 0.3) is 0 Å². The number of aliphatic hydroxyl groups is 1. The first-order valence-corrected chi connectivity index (χ1v) is 9.42. The maximum atomic E-state index is 12.5. The van der Waals surface area contributed by atoms with Crippen LogP contribution in [0.1, 0.15) is 39.7 Å². The summed E-state index contributed by atoms with van der Waals surface area (Å²) in [5, 5.41) is 17.0. The van der Waals surface area contributed by atoms with E-state index in [9.17, 15) is 9.90 Å². The average molecular weight is 349 g/mol. The second-order valence-corrected chi connectivity index (χ2v) is 7.72. The van der Waals surface area contributed by atoms with Crippen LogP contribution in [0.15, 0.2) is 12.3 Å². The lowest BCUT2D eigenvalue weighted by molar-refractivity contribution is -0.118. The lowest BCUT2D eigenvalue weighted by Crippen LogP contribution is -2.54. The van der Waals surface area contributed by atoms with Crippen LogP contribution in [0, 0.1) is 5.92 Å². The number of aromatic nitrogens is 2. The van der Waals surface area contributed by atoms with Crippen LogP contribution in [-0.2, 0) is 4.79 Å². The smallest absolute Gasteiger partial charge is 0.239 e. The SMILES string of the molecule is CC(O)CN1CCN(CC(=O)Nc2ccnn2C(C)C2CC2)CC1C. The Kier molecular flexibility index (Phi) is 5.76. The number of rotatable bonds is 7. The zero-order valence-electron chi connectivity index (χ0n) is 15.6. The van der Waals surface area contributed by atoms with Gasteiger partial charge in [-0.25, -0.2) is 4.68 Å². The lowest BCUT2D eigenvalue weighted by Gasteiger charge is -2.40. The van der Waals surface area contributed by atoms with Crippen LogP contribution in [0.25, 0.3) is 0 Å². The number of hydrogen-bond acceptors (Lipinski definition) is 5. The number of carbonyl (C=O) groups excluding carboxylic acids is 1.